The molecule has 1 unspecified atom stereocenters. The molecule has 1 atom stereocenters. The monoisotopic (exact) mass is 300 g/mol. The lowest BCUT2D eigenvalue weighted by Crippen LogP contribution is -2.59. The van der Waals surface area contributed by atoms with E-state index >= 15 is 0 Å². The van der Waals surface area contributed by atoms with Crippen molar-refractivity contribution in [2.75, 3.05) is 12.3 Å². The van der Waals surface area contributed by atoms with Gasteiger partial charge in [-0.25, -0.2) is 13.1 Å². The van der Waals surface area contributed by atoms with Crippen LogP contribution in [0.4, 0.5) is 0 Å². The van der Waals surface area contributed by atoms with Gasteiger partial charge in [-0.2, -0.15) is 0 Å². The molecular weight excluding hydrogens is 272 g/mol. The molecule has 2 N–H and O–H groups in total. The first kappa shape index (κ1) is 14.8. The average molecular weight is 300 g/mol. The van der Waals surface area contributed by atoms with Crippen LogP contribution < -0.4 is 10.0 Å². The number of sulfonamides is 1. The maximum Gasteiger partial charge on any atom is 0.212 e. The molecule has 3 aliphatic rings. The number of hydrogen-bond acceptors (Lipinski definition) is 3. The summed E-state index contributed by atoms with van der Waals surface area (Å²) in [5.74, 6) is 0.741. The highest BCUT2D eigenvalue weighted by Crippen LogP contribution is 2.38. The summed E-state index contributed by atoms with van der Waals surface area (Å²) in [4.78, 5) is 0. The fourth-order valence-corrected chi connectivity index (χ4v) is 5.97. The highest BCUT2D eigenvalue weighted by Gasteiger charge is 2.41. The normalized spacial score (nSPS) is 31.1. The molecule has 0 bridgehead atoms. The zero-order valence-corrected chi connectivity index (χ0v) is 13.2. The average Bonchev–Trinajstić information content (AvgIpc) is 2.37. The van der Waals surface area contributed by atoms with E-state index < -0.39 is 10.0 Å². The van der Waals surface area contributed by atoms with Crippen molar-refractivity contribution < 1.29 is 8.42 Å². The summed E-state index contributed by atoms with van der Waals surface area (Å²) in [6, 6.07) is 0.158. The van der Waals surface area contributed by atoms with E-state index in [1.54, 1.807) is 0 Å². The first-order valence-electron chi connectivity index (χ1n) is 8.32. The van der Waals surface area contributed by atoms with Gasteiger partial charge in [-0.1, -0.05) is 19.3 Å². The predicted octanol–water partition coefficient (Wildman–Crippen LogP) is 2.16. The molecule has 1 spiro atoms. The molecule has 0 aromatic heterocycles. The Kier molecular flexibility index (Phi) is 4.39. The first-order chi connectivity index (χ1) is 9.57. The Balaban J connectivity index is 1.52. The van der Waals surface area contributed by atoms with Crippen LogP contribution >= 0.6 is 0 Å². The summed E-state index contributed by atoms with van der Waals surface area (Å²) in [6.07, 6.45) is 11.5. The topological polar surface area (TPSA) is 58.2 Å². The smallest absolute Gasteiger partial charge is 0.212 e. The number of nitrogens with one attached hydrogen (secondary N) is 2. The van der Waals surface area contributed by atoms with Gasteiger partial charge < -0.3 is 5.32 Å². The van der Waals surface area contributed by atoms with Crippen LogP contribution in [-0.2, 0) is 10.0 Å². The fourth-order valence-electron chi connectivity index (χ4n) is 4.21. The molecule has 20 heavy (non-hydrogen) atoms. The largest absolute Gasteiger partial charge is 0.311 e. The summed E-state index contributed by atoms with van der Waals surface area (Å²) in [5, 5.41) is 3.59. The molecule has 3 fully saturated rings. The minimum Gasteiger partial charge on any atom is -0.311 e. The Morgan fingerprint density at radius 2 is 1.80 bits per heavy atom. The second-order valence-electron chi connectivity index (χ2n) is 7.15. The maximum atomic E-state index is 12.4. The van der Waals surface area contributed by atoms with Gasteiger partial charge in [-0.05, 0) is 57.4 Å². The molecule has 1 aliphatic heterocycles. The Bertz CT molecular complexity index is 425. The minimum absolute atomic E-state index is 0.158. The summed E-state index contributed by atoms with van der Waals surface area (Å²) >= 11 is 0. The van der Waals surface area contributed by atoms with Crippen molar-refractivity contribution in [1.82, 2.24) is 10.0 Å². The standard InChI is InChI=1S/C15H28N2O2S/c18-20(19,12-13-5-2-1-3-6-13)17-14-7-10-16-15(11-14)8-4-9-15/h13-14,16-17H,1-12H2. The van der Waals surface area contributed by atoms with Crippen molar-refractivity contribution in [2.45, 2.75) is 75.8 Å². The summed E-state index contributed by atoms with van der Waals surface area (Å²) in [6.45, 7) is 0.955. The Morgan fingerprint density at radius 3 is 2.45 bits per heavy atom. The zero-order valence-electron chi connectivity index (χ0n) is 12.4. The summed E-state index contributed by atoms with van der Waals surface area (Å²) < 4.78 is 27.7. The van der Waals surface area contributed by atoms with Gasteiger partial charge in [0.05, 0.1) is 5.75 Å². The van der Waals surface area contributed by atoms with Gasteiger partial charge in [0.25, 0.3) is 0 Å². The van der Waals surface area contributed by atoms with Crippen molar-refractivity contribution in [2.24, 2.45) is 5.92 Å². The Morgan fingerprint density at radius 1 is 1.05 bits per heavy atom. The van der Waals surface area contributed by atoms with Gasteiger partial charge in [-0.3, -0.25) is 0 Å². The van der Waals surface area contributed by atoms with Gasteiger partial charge in [0, 0.05) is 11.6 Å². The van der Waals surface area contributed by atoms with Gasteiger partial charge in [0.1, 0.15) is 0 Å². The van der Waals surface area contributed by atoms with Crippen LogP contribution in [0, 0.1) is 5.92 Å². The third-order valence-electron chi connectivity index (χ3n) is 5.47. The number of piperidine rings is 1. The van der Waals surface area contributed by atoms with Crippen LogP contribution in [0.3, 0.4) is 0 Å². The molecular formula is C15H28N2O2S. The van der Waals surface area contributed by atoms with E-state index in [4.69, 9.17) is 0 Å². The molecule has 3 rings (SSSR count). The molecule has 0 aromatic carbocycles. The summed E-state index contributed by atoms with van der Waals surface area (Å²) in [7, 11) is -3.09. The van der Waals surface area contributed by atoms with E-state index in [1.165, 1.54) is 38.5 Å². The molecule has 4 nitrogen and oxygen atoms in total. The lowest BCUT2D eigenvalue weighted by Gasteiger charge is -2.48. The van der Waals surface area contributed by atoms with Gasteiger partial charge in [0.15, 0.2) is 0 Å². The fraction of sp³-hybridized carbons (Fsp3) is 1.00. The molecule has 0 radical (unpaired) electrons. The quantitative estimate of drug-likeness (QED) is 0.836. The molecule has 1 saturated heterocycles. The van der Waals surface area contributed by atoms with Crippen LogP contribution in [0.25, 0.3) is 0 Å². The molecule has 0 amide bonds. The second-order valence-corrected chi connectivity index (χ2v) is 8.95. The van der Waals surface area contributed by atoms with Crippen molar-refractivity contribution in [1.29, 1.82) is 0 Å². The van der Waals surface area contributed by atoms with Crippen molar-refractivity contribution in [3.8, 4) is 0 Å². The lowest BCUT2D eigenvalue weighted by atomic mass is 9.70. The van der Waals surface area contributed by atoms with Crippen molar-refractivity contribution in [3.05, 3.63) is 0 Å². The van der Waals surface area contributed by atoms with E-state index in [2.05, 4.69) is 10.0 Å². The van der Waals surface area contributed by atoms with Crippen molar-refractivity contribution >= 4 is 10.0 Å². The molecule has 5 heteroatoms. The van der Waals surface area contributed by atoms with Crippen LogP contribution in [0.1, 0.15) is 64.2 Å². The summed E-state index contributed by atoms with van der Waals surface area (Å²) in [5.41, 5.74) is 0.260. The SMILES string of the molecule is O=S(=O)(CC1CCCCC1)NC1CCNC2(CCC2)C1. The van der Waals surface area contributed by atoms with E-state index in [0.29, 0.717) is 11.7 Å². The van der Waals surface area contributed by atoms with Gasteiger partial charge in [-0.15, -0.1) is 0 Å². The van der Waals surface area contributed by atoms with E-state index in [-0.39, 0.29) is 11.6 Å². The molecule has 1 heterocycles. The number of hydrogen-bond donors (Lipinski definition) is 2. The zero-order chi connectivity index (χ0) is 14.1. The molecule has 0 aromatic rings. The van der Waals surface area contributed by atoms with Crippen LogP contribution in [0.15, 0.2) is 0 Å². The van der Waals surface area contributed by atoms with Crippen LogP contribution in [0.2, 0.25) is 0 Å². The molecule has 116 valence electrons. The van der Waals surface area contributed by atoms with Gasteiger partial charge in [0.2, 0.25) is 10.0 Å². The minimum atomic E-state index is -3.09. The van der Waals surface area contributed by atoms with E-state index in [1.807, 2.05) is 0 Å². The Hall–Kier alpha value is -0.130. The first-order valence-corrected chi connectivity index (χ1v) is 9.97. The maximum absolute atomic E-state index is 12.4. The lowest BCUT2D eigenvalue weighted by molar-refractivity contribution is 0.126. The van der Waals surface area contributed by atoms with Gasteiger partial charge >= 0.3 is 0 Å². The van der Waals surface area contributed by atoms with E-state index in [0.717, 1.165) is 32.2 Å². The third kappa shape index (κ3) is 3.55. The molecule has 2 aliphatic carbocycles. The van der Waals surface area contributed by atoms with Crippen LogP contribution in [0.5, 0.6) is 0 Å². The number of rotatable bonds is 4. The van der Waals surface area contributed by atoms with Crippen molar-refractivity contribution in [3.63, 3.8) is 0 Å². The third-order valence-corrected chi connectivity index (χ3v) is 7.07. The molecule has 2 saturated carbocycles. The van der Waals surface area contributed by atoms with Crippen LogP contribution in [-0.4, -0.2) is 32.3 Å². The Labute approximate surface area is 123 Å². The second kappa shape index (κ2) is 5.93. The predicted molar refractivity (Wildman–Crippen MR) is 81.1 cm³/mol. The highest BCUT2D eigenvalue weighted by molar-refractivity contribution is 7.89. The van der Waals surface area contributed by atoms with E-state index in [9.17, 15) is 8.42 Å². The highest BCUT2D eigenvalue weighted by atomic mass is 32.2.